The van der Waals surface area contributed by atoms with E-state index in [9.17, 15) is 14.0 Å². The third-order valence-corrected chi connectivity index (χ3v) is 5.02. The highest BCUT2D eigenvalue weighted by atomic mass is 19.1. The van der Waals surface area contributed by atoms with Gasteiger partial charge in [0, 0.05) is 34.9 Å². The zero-order valence-electron chi connectivity index (χ0n) is 16.6. The maximum Gasteiger partial charge on any atom is 0.266 e. The fourth-order valence-electron chi connectivity index (χ4n) is 3.46. The highest BCUT2D eigenvalue weighted by Crippen LogP contribution is 2.21. The Morgan fingerprint density at radius 2 is 1.93 bits per heavy atom. The van der Waals surface area contributed by atoms with E-state index in [4.69, 9.17) is 0 Å². The Bertz CT molecular complexity index is 1260. The number of halogens is 1. The predicted octanol–water partition coefficient (Wildman–Crippen LogP) is 2.95. The number of benzene rings is 1. The first kappa shape index (κ1) is 19.5. The summed E-state index contributed by atoms with van der Waals surface area (Å²) in [6.07, 6.45) is 1.74. The van der Waals surface area contributed by atoms with Crippen LogP contribution in [0.5, 0.6) is 0 Å². The van der Waals surface area contributed by atoms with Gasteiger partial charge in [-0.25, -0.2) is 13.9 Å². The highest BCUT2D eigenvalue weighted by Gasteiger charge is 2.21. The average molecular weight is 405 g/mol. The van der Waals surface area contributed by atoms with Gasteiger partial charge in [0.25, 0.3) is 5.56 Å². The van der Waals surface area contributed by atoms with Crippen LogP contribution in [0.4, 0.5) is 10.1 Å². The summed E-state index contributed by atoms with van der Waals surface area (Å²) in [4.78, 5) is 35.3. The Balaban J connectivity index is 1.70. The number of aromatic amines is 1. The molecule has 30 heavy (non-hydrogen) atoms. The lowest BCUT2D eigenvalue weighted by Crippen LogP contribution is -2.32. The average Bonchev–Trinajstić information content (AvgIpc) is 3.11. The van der Waals surface area contributed by atoms with Crippen molar-refractivity contribution in [1.82, 2.24) is 19.6 Å². The summed E-state index contributed by atoms with van der Waals surface area (Å²) in [6, 6.07) is 12.7. The molecule has 8 heteroatoms. The Labute approximate surface area is 171 Å². The zero-order valence-corrected chi connectivity index (χ0v) is 16.6. The van der Waals surface area contributed by atoms with Crippen LogP contribution >= 0.6 is 0 Å². The Morgan fingerprint density at radius 3 is 2.63 bits per heavy atom. The lowest BCUT2D eigenvalue weighted by Gasteiger charge is -2.23. The molecule has 0 aliphatic carbocycles. The molecule has 0 aliphatic heterocycles. The van der Waals surface area contributed by atoms with Gasteiger partial charge < -0.3 is 4.90 Å². The molecule has 1 amide bonds. The summed E-state index contributed by atoms with van der Waals surface area (Å²) >= 11 is 0. The standard InChI is InChI=1S/C22H20FN5O2/c1-14-19(15(2)28-20(25-14)12-21(29)26-28)11-22(30)27(13-17-5-3-4-10-24-17)18-8-6-16(23)7-9-18/h3-10,12H,11,13H2,1-2H3,(H,26,29). The van der Waals surface area contributed by atoms with Crippen molar-refractivity contribution in [2.24, 2.45) is 0 Å². The molecule has 0 atom stereocenters. The van der Waals surface area contributed by atoms with E-state index in [0.29, 0.717) is 22.7 Å². The van der Waals surface area contributed by atoms with Crippen molar-refractivity contribution in [3.63, 3.8) is 0 Å². The van der Waals surface area contributed by atoms with E-state index in [2.05, 4.69) is 15.1 Å². The smallest absolute Gasteiger partial charge is 0.266 e. The minimum Gasteiger partial charge on any atom is -0.306 e. The molecule has 0 aliphatic rings. The van der Waals surface area contributed by atoms with Crippen LogP contribution in [0.3, 0.4) is 0 Å². The van der Waals surface area contributed by atoms with Crippen LogP contribution in [0, 0.1) is 19.7 Å². The minimum absolute atomic E-state index is 0.0744. The van der Waals surface area contributed by atoms with E-state index >= 15 is 0 Å². The molecule has 3 heterocycles. The molecule has 7 nitrogen and oxygen atoms in total. The largest absolute Gasteiger partial charge is 0.306 e. The number of aryl methyl sites for hydroxylation is 2. The summed E-state index contributed by atoms with van der Waals surface area (Å²) in [7, 11) is 0. The first-order valence-corrected chi connectivity index (χ1v) is 9.46. The van der Waals surface area contributed by atoms with E-state index < -0.39 is 0 Å². The van der Waals surface area contributed by atoms with Gasteiger partial charge in [-0.2, -0.15) is 0 Å². The van der Waals surface area contributed by atoms with Crippen LogP contribution in [0.1, 0.15) is 22.6 Å². The number of amides is 1. The number of H-pyrrole nitrogens is 1. The van der Waals surface area contributed by atoms with Gasteiger partial charge in [0.15, 0.2) is 5.65 Å². The predicted molar refractivity (Wildman–Crippen MR) is 111 cm³/mol. The number of nitrogens with one attached hydrogen (secondary N) is 1. The second kappa shape index (κ2) is 7.90. The number of carbonyl (C=O) groups excluding carboxylic acids is 1. The number of hydrogen-bond donors (Lipinski definition) is 1. The lowest BCUT2D eigenvalue weighted by molar-refractivity contribution is -0.118. The van der Waals surface area contributed by atoms with Gasteiger partial charge in [0.2, 0.25) is 5.91 Å². The van der Waals surface area contributed by atoms with Crippen LogP contribution in [0.2, 0.25) is 0 Å². The summed E-state index contributed by atoms with van der Waals surface area (Å²) in [5.74, 6) is -0.559. The fourth-order valence-corrected chi connectivity index (χ4v) is 3.46. The summed E-state index contributed by atoms with van der Waals surface area (Å²) in [5.41, 5.74) is 3.69. The van der Waals surface area contributed by atoms with Crippen LogP contribution in [-0.4, -0.2) is 25.5 Å². The fraction of sp³-hybridized carbons (Fsp3) is 0.182. The topological polar surface area (TPSA) is 83.4 Å². The van der Waals surface area contributed by atoms with Crippen LogP contribution in [-0.2, 0) is 17.8 Å². The van der Waals surface area contributed by atoms with Crippen LogP contribution < -0.4 is 10.5 Å². The number of fused-ring (bicyclic) bond motifs is 1. The maximum absolute atomic E-state index is 13.4. The summed E-state index contributed by atoms with van der Waals surface area (Å²) in [5, 5.41) is 2.70. The van der Waals surface area contributed by atoms with Crippen molar-refractivity contribution in [2.45, 2.75) is 26.8 Å². The zero-order chi connectivity index (χ0) is 21.3. The number of anilines is 1. The van der Waals surface area contributed by atoms with Gasteiger partial charge in [-0.05, 0) is 50.2 Å². The monoisotopic (exact) mass is 405 g/mol. The molecule has 0 saturated heterocycles. The van der Waals surface area contributed by atoms with Crippen LogP contribution in [0.25, 0.3) is 5.65 Å². The third-order valence-electron chi connectivity index (χ3n) is 5.02. The van der Waals surface area contributed by atoms with E-state index in [1.165, 1.54) is 18.2 Å². The van der Waals surface area contributed by atoms with Crippen LogP contribution in [0.15, 0.2) is 59.5 Å². The van der Waals surface area contributed by atoms with Gasteiger partial charge in [-0.1, -0.05) is 6.07 Å². The van der Waals surface area contributed by atoms with Gasteiger partial charge in [0.05, 0.1) is 18.7 Å². The Morgan fingerprint density at radius 1 is 1.17 bits per heavy atom. The van der Waals surface area contributed by atoms with Crippen molar-refractivity contribution < 1.29 is 9.18 Å². The number of hydrogen-bond acceptors (Lipinski definition) is 4. The van der Waals surface area contributed by atoms with E-state index in [1.54, 1.807) is 33.8 Å². The first-order valence-electron chi connectivity index (χ1n) is 9.46. The molecule has 1 aromatic carbocycles. The SMILES string of the molecule is Cc1nc2cc(=O)[nH]n2c(C)c1CC(=O)N(Cc1ccccn1)c1ccc(F)cc1. The molecule has 0 fully saturated rings. The molecule has 3 aromatic heterocycles. The first-order chi connectivity index (χ1) is 14.4. The number of pyridine rings is 1. The molecule has 4 aromatic rings. The normalized spacial score (nSPS) is 11.0. The van der Waals surface area contributed by atoms with Crippen molar-refractivity contribution in [2.75, 3.05) is 4.90 Å². The maximum atomic E-state index is 13.4. The summed E-state index contributed by atoms with van der Waals surface area (Å²) in [6.45, 7) is 3.90. The van der Waals surface area contributed by atoms with Gasteiger partial charge in [-0.3, -0.25) is 19.7 Å². The van der Waals surface area contributed by atoms with Crippen molar-refractivity contribution in [1.29, 1.82) is 0 Å². The summed E-state index contributed by atoms with van der Waals surface area (Å²) < 4.78 is 15.0. The highest BCUT2D eigenvalue weighted by molar-refractivity contribution is 5.94. The van der Waals surface area contributed by atoms with Gasteiger partial charge in [-0.15, -0.1) is 0 Å². The molecular weight excluding hydrogens is 385 g/mol. The van der Waals surface area contributed by atoms with E-state index in [0.717, 1.165) is 11.3 Å². The van der Waals surface area contributed by atoms with Gasteiger partial charge >= 0.3 is 0 Å². The number of rotatable bonds is 5. The molecule has 4 rings (SSSR count). The third kappa shape index (κ3) is 3.84. The quantitative estimate of drug-likeness (QED) is 0.553. The second-order valence-corrected chi connectivity index (χ2v) is 7.03. The Hall–Kier alpha value is -3.81. The number of aromatic nitrogens is 4. The molecule has 152 valence electrons. The van der Waals surface area contributed by atoms with Gasteiger partial charge in [0.1, 0.15) is 5.82 Å². The minimum atomic E-state index is -0.373. The van der Waals surface area contributed by atoms with Crippen molar-refractivity contribution in [3.05, 3.63) is 93.5 Å². The second-order valence-electron chi connectivity index (χ2n) is 7.03. The van der Waals surface area contributed by atoms with Crippen molar-refractivity contribution in [3.8, 4) is 0 Å². The molecule has 0 saturated carbocycles. The molecule has 0 bridgehead atoms. The lowest BCUT2D eigenvalue weighted by atomic mass is 10.1. The van der Waals surface area contributed by atoms with E-state index in [-0.39, 0.29) is 30.2 Å². The number of nitrogens with zero attached hydrogens (tertiary/aromatic N) is 4. The molecule has 0 unspecified atom stereocenters. The molecule has 0 radical (unpaired) electrons. The molecule has 1 N–H and O–H groups in total. The molecular formula is C22H20FN5O2. The Kier molecular flexibility index (Phi) is 5.14. The van der Waals surface area contributed by atoms with E-state index in [1.807, 2.05) is 26.0 Å². The van der Waals surface area contributed by atoms with Crippen molar-refractivity contribution >= 4 is 17.2 Å². The number of carbonyl (C=O) groups is 1. The molecule has 0 spiro atoms.